The molecular formula is C20H30N5O2-. The Morgan fingerprint density at radius 2 is 2.00 bits per heavy atom. The van der Waals surface area contributed by atoms with E-state index in [9.17, 15) is 0 Å². The van der Waals surface area contributed by atoms with E-state index in [4.69, 9.17) is 20.0 Å². The molecule has 3 aliphatic rings. The van der Waals surface area contributed by atoms with E-state index >= 15 is 0 Å². The van der Waals surface area contributed by atoms with E-state index < -0.39 is 5.79 Å². The minimum Gasteiger partial charge on any atom is -0.475 e. The zero-order chi connectivity index (χ0) is 19.4. The second-order valence-corrected chi connectivity index (χ2v) is 8.83. The molecule has 1 saturated carbocycles. The molecule has 7 heteroatoms. The van der Waals surface area contributed by atoms with Gasteiger partial charge in [-0.2, -0.15) is 5.10 Å². The third-order valence-electron chi connectivity index (χ3n) is 7.25. The minimum absolute atomic E-state index is 0.0488. The molecular weight excluding hydrogens is 342 g/mol. The summed E-state index contributed by atoms with van der Waals surface area (Å²) in [7, 11) is 3.58. The summed E-state index contributed by atoms with van der Waals surface area (Å²) in [6.45, 7) is 8.30. The summed E-state index contributed by atoms with van der Waals surface area (Å²) in [6.07, 6.45) is 5.23. The highest BCUT2D eigenvalue weighted by Crippen LogP contribution is 2.62. The van der Waals surface area contributed by atoms with Gasteiger partial charge < -0.3 is 25.2 Å². The molecule has 148 valence electrons. The Labute approximate surface area is 161 Å². The number of aliphatic imine (C=N–C) groups is 1. The molecule has 0 amide bonds. The molecule has 1 N–H and O–H groups in total. The first-order chi connectivity index (χ1) is 12.8. The first kappa shape index (κ1) is 18.6. The summed E-state index contributed by atoms with van der Waals surface area (Å²) >= 11 is 0. The second-order valence-electron chi connectivity index (χ2n) is 8.83. The van der Waals surface area contributed by atoms with Gasteiger partial charge in [0.2, 0.25) is 0 Å². The molecule has 0 bridgehead atoms. The lowest BCUT2D eigenvalue weighted by atomic mass is 9.49. The second kappa shape index (κ2) is 6.14. The lowest BCUT2D eigenvalue weighted by Gasteiger charge is -2.59. The normalized spacial score (nSPS) is 31.1. The van der Waals surface area contributed by atoms with Gasteiger partial charge >= 0.3 is 0 Å². The number of nitrogens with zero attached hydrogens (tertiary/aromatic N) is 4. The van der Waals surface area contributed by atoms with E-state index in [1.807, 2.05) is 11.7 Å². The van der Waals surface area contributed by atoms with Gasteiger partial charge in [0, 0.05) is 29.9 Å². The number of nitrogens with one attached hydrogen (secondary N) is 1. The number of ether oxygens (including phenoxy) is 2. The van der Waals surface area contributed by atoms with Gasteiger partial charge in [0.1, 0.15) is 0 Å². The van der Waals surface area contributed by atoms with Gasteiger partial charge in [-0.25, -0.2) is 0 Å². The maximum absolute atomic E-state index is 8.38. The first-order valence-electron chi connectivity index (χ1n) is 9.81. The molecule has 1 saturated heterocycles. The molecule has 27 heavy (non-hydrogen) atoms. The average molecular weight is 372 g/mol. The molecule has 7 nitrogen and oxygen atoms in total. The van der Waals surface area contributed by atoms with Crippen molar-refractivity contribution in [3.8, 4) is 0 Å². The fraction of sp³-hybridized carbons (Fsp3) is 0.750. The van der Waals surface area contributed by atoms with Crippen molar-refractivity contribution in [2.24, 2.45) is 23.4 Å². The number of hydrogen-bond donors (Lipinski definition) is 1. The minimum atomic E-state index is -0.466. The molecule has 1 aromatic heterocycles. The predicted molar refractivity (Wildman–Crippen MR) is 105 cm³/mol. The zero-order valence-corrected chi connectivity index (χ0v) is 17.0. The molecule has 1 aromatic rings. The van der Waals surface area contributed by atoms with Crippen molar-refractivity contribution in [3.63, 3.8) is 0 Å². The van der Waals surface area contributed by atoms with Crippen LogP contribution in [-0.2, 0) is 28.4 Å². The Morgan fingerprint density at radius 3 is 2.67 bits per heavy atom. The third-order valence-corrected chi connectivity index (χ3v) is 7.25. The molecule has 0 radical (unpaired) electrons. The van der Waals surface area contributed by atoms with Gasteiger partial charge in [-0.1, -0.05) is 34.2 Å². The van der Waals surface area contributed by atoms with Gasteiger partial charge in [-0.3, -0.25) is 4.68 Å². The highest BCUT2D eigenvalue weighted by molar-refractivity contribution is 6.02. The van der Waals surface area contributed by atoms with Crippen LogP contribution in [0.4, 0.5) is 0 Å². The Kier molecular flexibility index (Phi) is 4.23. The number of aryl methyl sites for hydroxylation is 1. The van der Waals surface area contributed by atoms with Gasteiger partial charge in [-0.15, -0.1) is 0 Å². The summed E-state index contributed by atoms with van der Waals surface area (Å²) in [4.78, 5) is 4.16. The molecule has 4 rings (SSSR count). The first-order valence-corrected chi connectivity index (χ1v) is 9.81. The molecule has 1 spiro atoms. The van der Waals surface area contributed by atoms with Crippen LogP contribution in [0, 0.1) is 16.7 Å². The van der Waals surface area contributed by atoms with Crippen molar-refractivity contribution in [3.05, 3.63) is 22.3 Å². The molecule has 1 aliphatic heterocycles. The Hall–Kier alpha value is -1.73. The van der Waals surface area contributed by atoms with Crippen molar-refractivity contribution in [2.75, 3.05) is 20.3 Å². The Balaban J connectivity index is 1.76. The monoisotopic (exact) mass is 372 g/mol. The van der Waals surface area contributed by atoms with E-state index in [0.29, 0.717) is 19.1 Å². The molecule has 2 heterocycles. The lowest BCUT2D eigenvalue weighted by molar-refractivity contribution is -0.276. The van der Waals surface area contributed by atoms with Crippen molar-refractivity contribution >= 4 is 12.2 Å². The van der Waals surface area contributed by atoms with Crippen molar-refractivity contribution in [1.29, 1.82) is 5.41 Å². The predicted octanol–water partition coefficient (Wildman–Crippen LogP) is 3.16. The molecule has 2 fully saturated rings. The van der Waals surface area contributed by atoms with E-state index in [1.54, 1.807) is 7.05 Å². The highest BCUT2D eigenvalue weighted by Gasteiger charge is 2.64. The molecule has 2 atom stereocenters. The van der Waals surface area contributed by atoms with Crippen LogP contribution in [0.2, 0.25) is 0 Å². The smallest absolute Gasteiger partial charge is 0.173 e. The van der Waals surface area contributed by atoms with Crippen LogP contribution in [0.1, 0.15) is 57.0 Å². The van der Waals surface area contributed by atoms with E-state index in [1.165, 1.54) is 11.9 Å². The average Bonchev–Trinajstić information content (AvgIpc) is 3.23. The Bertz CT molecular complexity index is 791. The van der Waals surface area contributed by atoms with Crippen LogP contribution in [0.15, 0.2) is 4.99 Å². The summed E-state index contributed by atoms with van der Waals surface area (Å²) in [5.41, 5.74) is 2.97. The molecule has 1 unspecified atom stereocenters. The fourth-order valence-corrected chi connectivity index (χ4v) is 5.94. The SMILES string of the molecule is C[N-]C=NC(=N)c1c2c(nn1C)C1(C)CCC3(OCCO3)C(C)(C)[C@@H]1CC2. The number of aromatic nitrogens is 2. The van der Waals surface area contributed by atoms with Gasteiger partial charge in [-0.05, 0) is 25.2 Å². The summed E-state index contributed by atoms with van der Waals surface area (Å²) < 4.78 is 14.2. The zero-order valence-electron chi connectivity index (χ0n) is 17.0. The third kappa shape index (κ3) is 2.44. The maximum Gasteiger partial charge on any atom is 0.173 e. The summed E-state index contributed by atoms with van der Waals surface area (Å²) in [6, 6.07) is 0. The van der Waals surface area contributed by atoms with Crippen LogP contribution >= 0.6 is 0 Å². The number of amidine groups is 1. The number of rotatable bonds is 2. The van der Waals surface area contributed by atoms with Crippen molar-refractivity contribution < 1.29 is 9.47 Å². The fourth-order valence-electron chi connectivity index (χ4n) is 5.94. The topological polar surface area (TPSA) is 86.6 Å². The van der Waals surface area contributed by atoms with Gasteiger partial charge in [0.05, 0.1) is 30.4 Å². The van der Waals surface area contributed by atoms with Crippen LogP contribution < -0.4 is 0 Å². The Morgan fingerprint density at radius 1 is 1.30 bits per heavy atom. The highest BCUT2D eigenvalue weighted by atomic mass is 16.7. The van der Waals surface area contributed by atoms with E-state index in [0.717, 1.165) is 37.1 Å². The van der Waals surface area contributed by atoms with Crippen molar-refractivity contribution in [2.45, 2.75) is 57.7 Å². The quantitative estimate of drug-likeness (QED) is 0.639. The standard InChI is InChI=1S/C20H30N5O2/c1-18(2)14-7-6-13-15(17(21)23-12-22-4)25(5)24-16(13)19(14,3)8-9-20(18)26-10-11-27-20/h12,14H,6-11H2,1-5H3,(H-,21,22,23)/q-1/t14-,19?/m0/s1. The van der Waals surface area contributed by atoms with Crippen LogP contribution in [0.25, 0.3) is 5.32 Å². The maximum atomic E-state index is 8.38. The van der Waals surface area contributed by atoms with Gasteiger partial charge in [0.25, 0.3) is 0 Å². The van der Waals surface area contributed by atoms with E-state index in [2.05, 4.69) is 31.1 Å². The molecule has 2 aliphatic carbocycles. The summed E-state index contributed by atoms with van der Waals surface area (Å²) in [5.74, 6) is 0.176. The largest absolute Gasteiger partial charge is 0.475 e. The number of hydrogen-bond acceptors (Lipinski definition) is 4. The van der Waals surface area contributed by atoms with Crippen LogP contribution in [0.5, 0.6) is 0 Å². The van der Waals surface area contributed by atoms with Crippen LogP contribution in [-0.4, -0.2) is 48.0 Å². The van der Waals surface area contributed by atoms with Crippen LogP contribution in [0.3, 0.4) is 0 Å². The van der Waals surface area contributed by atoms with E-state index in [-0.39, 0.29) is 16.7 Å². The number of fused-ring (bicyclic) bond motifs is 3. The summed E-state index contributed by atoms with van der Waals surface area (Å²) in [5, 5.41) is 17.2. The van der Waals surface area contributed by atoms with Crippen molar-refractivity contribution in [1.82, 2.24) is 9.78 Å². The van der Waals surface area contributed by atoms with Gasteiger partial charge in [0.15, 0.2) is 5.79 Å². The molecule has 0 aromatic carbocycles. The lowest BCUT2D eigenvalue weighted by Crippen LogP contribution is -2.61.